The molecule has 3 atom stereocenters. The van der Waals surface area contributed by atoms with Crippen LogP contribution in [0.25, 0.3) is 0 Å². The summed E-state index contributed by atoms with van der Waals surface area (Å²) in [4.78, 5) is 12.0. The molecule has 0 radical (unpaired) electrons. The number of carboxylic acid groups (broad SMARTS) is 1. The predicted molar refractivity (Wildman–Crippen MR) is 97.6 cm³/mol. The second-order valence-electron chi connectivity index (χ2n) is 7.50. The van der Waals surface area contributed by atoms with Gasteiger partial charge < -0.3 is 14.9 Å². The van der Waals surface area contributed by atoms with E-state index in [0.29, 0.717) is 23.3 Å². The Morgan fingerprint density at radius 2 is 2.12 bits per heavy atom. The number of rotatable bonds is 6. The summed E-state index contributed by atoms with van der Waals surface area (Å²) in [5.41, 5.74) is 2.70. The molecule has 0 bridgehead atoms. The maximum atomic E-state index is 12.0. The zero-order valence-electron chi connectivity index (χ0n) is 15.2. The van der Waals surface area contributed by atoms with Crippen molar-refractivity contribution in [3.8, 4) is 11.5 Å². The summed E-state index contributed by atoms with van der Waals surface area (Å²) in [6.07, 6.45) is 6.57. The van der Waals surface area contributed by atoms with Gasteiger partial charge in [-0.2, -0.15) is 0 Å². The fraction of sp³-hybridized carbons (Fsp3) is 0.571. The highest BCUT2D eigenvalue weighted by molar-refractivity contribution is 5.94. The van der Waals surface area contributed by atoms with Crippen molar-refractivity contribution in [3.05, 3.63) is 34.9 Å². The van der Waals surface area contributed by atoms with Crippen LogP contribution >= 0.6 is 0 Å². The number of phenolic OH excluding ortho intramolecular Hbond substituents is 1. The summed E-state index contributed by atoms with van der Waals surface area (Å²) in [5.74, 6) is -0.120. The maximum Gasteiger partial charge on any atom is 0.339 e. The van der Waals surface area contributed by atoms with E-state index < -0.39 is 5.97 Å². The van der Waals surface area contributed by atoms with E-state index in [1.54, 1.807) is 6.07 Å². The molecular formula is C21H28O4. The van der Waals surface area contributed by atoms with Crippen molar-refractivity contribution in [1.29, 1.82) is 0 Å². The lowest BCUT2D eigenvalue weighted by atomic mass is 9.71. The van der Waals surface area contributed by atoms with Crippen molar-refractivity contribution < 1.29 is 19.7 Å². The van der Waals surface area contributed by atoms with E-state index in [1.165, 1.54) is 0 Å². The zero-order chi connectivity index (χ0) is 18.1. The average Bonchev–Trinajstić information content (AvgIpc) is 2.94. The van der Waals surface area contributed by atoms with Crippen LogP contribution in [0.15, 0.2) is 18.2 Å². The molecule has 0 aromatic heterocycles. The number of carbonyl (C=O) groups is 1. The van der Waals surface area contributed by atoms with E-state index in [2.05, 4.69) is 13.5 Å². The van der Waals surface area contributed by atoms with Crippen molar-refractivity contribution in [3.63, 3.8) is 0 Å². The molecule has 1 heterocycles. The highest BCUT2D eigenvalue weighted by Gasteiger charge is 2.46. The minimum atomic E-state index is -0.965. The molecule has 1 aromatic rings. The van der Waals surface area contributed by atoms with E-state index in [4.69, 9.17) is 4.74 Å². The third kappa shape index (κ3) is 3.14. The Morgan fingerprint density at radius 3 is 2.76 bits per heavy atom. The fourth-order valence-electron chi connectivity index (χ4n) is 4.53. The number of hydrogen-bond acceptors (Lipinski definition) is 3. The van der Waals surface area contributed by atoms with Crippen LogP contribution in [-0.2, 0) is 6.42 Å². The molecule has 0 spiro atoms. The Kier molecular flexibility index (Phi) is 5.07. The molecule has 4 heteroatoms. The first kappa shape index (κ1) is 17.8. The second kappa shape index (κ2) is 7.11. The molecular weight excluding hydrogens is 316 g/mol. The average molecular weight is 344 g/mol. The Balaban J connectivity index is 2.07. The third-order valence-corrected chi connectivity index (χ3v) is 5.72. The van der Waals surface area contributed by atoms with Crippen LogP contribution in [0, 0.1) is 5.92 Å². The van der Waals surface area contributed by atoms with Crippen molar-refractivity contribution in [2.75, 3.05) is 0 Å². The molecule has 25 heavy (non-hydrogen) atoms. The molecule has 1 aliphatic heterocycles. The number of hydrogen-bond donors (Lipinski definition) is 2. The van der Waals surface area contributed by atoms with Gasteiger partial charge in [0.2, 0.25) is 0 Å². The minimum absolute atomic E-state index is 0.0176. The quantitative estimate of drug-likeness (QED) is 0.560. The molecule has 2 aliphatic rings. The molecule has 1 saturated carbocycles. The number of phenols is 1. The van der Waals surface area contributed by atoms with Crippen molar-refractivity contribution in [2.24, 2.45) is 5.92 Å². The van der Waals surface area contributed by atoms with Crippen LogP contribution in [0.1, 0.15) is 79.8 Å². The molecule has 1 fully saturated rings. The molecule has 1 aromatic carbocycles. The van der Waals surface area contributed by atoms with E-state index in [1.807, 2.05) is 6.92 Å². The van der Waals surface area contributed by atoms with Gasteiger partial charge in [-0.3, -0.25) is 0 Å². The lowest BCUT2D eigenvalue weighted by molar-refractivity contribution is 0.0687. The number of aromatic carboxylic acids is 1. The van der Waals surface area contributed by atoms with E-state index in [-0.39, 0.29) is 29.3 Å². The molecule has 1 aliphatic carbocycles. The number of aryl methyl sites for hydroxylation is 1. The number of carboxylic acids is 1. The zero-order valence-corrected chi connectivity index (χ0v) is 15.2. The van der Waals surface area contributed by atoms with E-state index in [9.17, 15) is 15.0 Å². The molecule has 0 amide bonds. The van der Waals surface area contributed by atoms with Crippen molar-refractivity contribution in [2.45, 2.75) is 70.8 Å². The number of unbranched alkanes of at least 4 members (excludes halogenated alkanes) is 2. The lowest BCUT2D eigenvalue weighted by Gasteiger charge is -2.33. The van der Waals surface area contributed by atoms with E-state index >= 15 is 0 Å². The molecule has 3 unspecified atom stereocenters. The van der Waals surface area contributed by atoms with Gasteiger partial charge in [0, 0.05) is 11.5 Å². The lowest BCUT2D eigenvalue weighted by Crippen LogP contribution is -2.30. The third-order valence-electron chi connectivity index (χ3n) is 5.72. The Labute approximate surface area is 149 Å². The first-order chi connectivity index (χ1) is 12.0. The summed E-state index contributed by atoms with van der Waals surface area (Å²) < 4.78 is 6.13. The number of fused-ring (bicyclic) bond motifs is 3. The van der Waals surface area contributed by atoms with Crippen LogP contribution in [0.5, 0.6) is 11.5 Å². The standard InChI is InChI=1S/C21H28O4/c1-4-5-6-8-13-11-15(22)19-18-14(12(2)3)9-7-10-16(18)25-20(19)17(13)21(23)24/h11,14,16,18,22H,2,4-10H2,1,3H3,(H,23,24). The fourth-order valence-corrected chi connectivity index (χ4v) is 4.53. The van der Waals surface area contributed by atoms with Crippen LogP contribution < -0.4 is 4.74 Å². The summed E-state index contributed by atoms with van der Waals surface area (Å²) >= 11 is 0. The van der Waals surface area contributed by atoms with Gasteiger partial charge in [0.15, 0.2) is 0 Å². The SMILES string of the molecule is C=C(C)C1CCCC2Oc3c(C(=O)O)c(CCCCC)cc(O)c3C21. The van der Waals surface area contributed by atoms with E-state index in [0.717, 1.165) is 44.1 Å². The van der Waals surface area contributed by atoms with Gasteiger partial charge >= 0.3 is 5.97 Å². The highest BCUT2D eigenvalue weighted by atomic mass is 16.5. The topological polar surface area (TPSA) is 66.8 Å². The van der Waals surface area contributed by atoms with Gasteiger partial charge in [0.25, 0.3) is 0 Å². The Bertz CT molecular complexity index is 692. The number of benzene rings is 1. The number of ether oxygens (including phenoxy) is 1. The molecule has 0 saturated heterocycles. The van der Waals surface area contributed by atoms with Gasteiger partial charge in [0.1, 0.15) is 23.2 Å². The maximum absolute atomic E-state index is 12.0. The van der Waals surface area contributed by atoms with Crippen molar-refractivity contribution >= 4 is 5.97 Å². The van der Waals surface area contributed by atoms with Gasteiger partial charge in [-0.1, -0.05) is 31.9 Å². The normalized spacial score (nSPS) is 24.3. The molecule has 136 valence electrons. The second-order valence-corrected chi connectivity index (χ2v) is 7.50. The van der Waals surface area contributed by atoms with Crippen LogP contribution in [-0.4, -0.2) is 22.3 Å². The smallest absolute Gasteiger partial charge is 0.339 e. The van der Waals surface area contributed by atoms with Gasteiger partial charge in [-0.05, 0) is 56.6 Å². The first-order valence-corrected chi connectivity index (χ1v) is 9.39. The van der Waals surface area contributed by atoms with Crippen molar-refractivity contribution in [1.82, 2.24) is 0 Å². The summed E-state index contributed by atoms with van der Waals surface area (Å²) in [7, 11) is 0. The summed E-state index contributed by atoms with van der Waals surface area (Å²) in [5, 5.41) is 20.5. The van der Waals surface area contributed by atoms with Gasteiger partial charge in [0.05, 0.1) is 0 Å². The monoisotopic (exact) mass is 344 g/mol. The molecule has 3 rings (SSSR count). The Morgan fingerprint density at radius 1 is 1.36 bits per heavy atom. The van der Waals surface area contributed by atoms with Gasteiger partial charge in [-0.25, -0.2) is 4.79 Å². The minimum Gasteiger partial charge on any atom is -0.508 e. The first-order valence-electron chi connectivity index (χ1n) is 9.39. The summed E-state index contributed by atoms with van der Waals surface area (Å²) in [6.45, 7) is 8.24. The molecule has 2 N–H and O–H groups in total. The Hall–Kier alpha value is -1.97. The van der Waals surface area contributed by atoms with Crippen LogP contribution in [0.4, 0.5) is 0 Å². The highest BCUT2D eigenvalue weighted by Crippen LogP contribution is 2.55. The van der Waals surface area contributed by atoms with Crippen LogP contribution in [0.2, 0.25) is 0 Å². The summed E-state index contributed by atoms with van der Waals surface area (Å²) in [6, 6.07) is 1.66. The van der Waals surface area contributed by atoms with Gasteiger partial charge in [-0.15, -0.1) is 0 Å². The van der Waals surface area contributed by atoms with Crippen LogP contribution in [0.3, 0.4) is 0 Å². The number of allylic oxidation sites excluding steroid dienone is 1. The predicted octanol–water partition coefficient (Wildman–Crippen LogP) is 5.04. The number of aromatic hydroxyl groups is 1. The largest absolute Gasteiger partial charge is 0.508 e. The molecule has 4 nitrogen and oxygen atoms in total.